The normalized spacial score (nSPS) is 10.6. The lowest BCUT2D eigenvalue weighted by atomic mass is 10.1. The van der Waals surface area contributed by atoms with Gasteiger partial charge in [0.2, 0.25) is 0 Å². The lowest BCUT2D eigenvalue weighted by Crippen LogP contribution is -2.25. The molecule has 0 aliphatic heterocycles. The largest absolute Gasteiger partial charge is 0.477 e. The van der Waals surface area contributed by atoms with E-state index in [9.17, 15) is 14.7 Å². The van der Waals surface area contributed by atoms with E-state index in [1.165, 1.54) is 10.6 Å². The molecular weight excluding hydrogens is 254 g/mol. The highest BCUT2D eigenvalue weighted by Gasteiger charge is 2.15. The standard InChI is InChI=1S/C16H11NO3/c18-15-13(16(19)20)10-11-6-4-5-9-14(11)17(15)12-7-2-1-3-8-12/h1-10H,(H,19,20). The van der Waals surface area contributed by atoms with Crippen molar-refractivity contribution < 1.29 is 9.90 Å². The van der Waals surface area contributed by atoms with Crippen molar-refractivity contribution in [2.75, 3.05) is 0 Å². The summed E-state index contributed by atoms with van der Waals surface area (Å²) in [5.41, 5.74) is 0.584. The third kappa shape index (κ3) is 1.87. The fourth-order valence-corrected chi connectivity index (χ4v) is 2.25. The molecule has 1 heterocycles. The van der Waals surface area contributed by atoms with Crippen LogP contribution < -0.4 is 5.56 Å². The zero-order valence-electron chi connectivity index (χ0n) is 10.5. The van der Waals surface area contributed by atoms with Crippen molar-refractivity contribution in [2.24, 2.45) is 0 Å². The average Bonchev–Trinajstić information content (AvgIpc) is 2.47. The molecule has 0 atom stereocenters. The quantitative estimate of drug-likeness (QED) is 0.775. The Morgan fingerprint density at radius 2 is 1.60 bits per heavy atom. The molecule has 3 rings (SSSR count). The predicted molar refractivity (Wildman–Crippen MR) is 76.5 cm³/mol. The van der Waals surface area contributed by atoms with Crippen LogP contribution in [0.25, 0.3) is 16.6 Å². The summed E-state index contributed by atoms with van der Waals surface area (Å²) in [6, 6.07) is 17.7. The Balaban J connectivity index is 2.48. The van der Waals surface area contributed by atoms with E-state index in [1.54, 1.807) is 24.3 Å². The van der Waals surface area contributed by atoms with Gasteiger partial charge in [0.05, 0.1) is 5.52 Å². The monoisotopic (exact) mass is 265 g/mol. The van der Waals surface area contributed by atoms with Gasteiger partial charge in [0.15, 0.2) is 0 Å². The molecule has 0 aliphatic carbocycles. The van der Waals surface area contributed by atoms with E-state index in [0.717, 1.165) is 0 Å². The van der Waals surface area contributed by atoms with Gasteiger partial charge >= 0.3 is 5.97 Å². The number of rotatable bonds is 2. The number of carboxylic acid groups (broad SMARTS) is 1. The summed E-state index contributed by atoms with van der Waals surface area (Å²) in [7, 11) is 0. The summed E-state index contributed by atoms with van der Waals surface area (Å²) < 4.78 is 1.43. The summed E-state index contributed by atoms with van der Waals surface area (Å²) >= 11 is 0. The molecule has 0 unspecified atom stereocenters. The number of pyridine rings is 1. The van der Waals surface area contributed by atoms with Gasteiger partial charge in [-0.3, -0.25) is 9.36 Å². The molecule has 0 saturated carbocycles. The molecule has 0 fully saturated rings. The topological polar surface area (TPSA) is 59.3 Å². The van der Waals surface area contributed by atoms with E-state index in [0.29, 0.717) is 16.6 Å². The first-order chi connectivity index (χ1) is 9.68. The van der Waals surface area contributed by atoms with Crippen molar-refractivity contribution in [1.29, 1.82) is 0 Å². The third-order valence-corrected chi connectivity index (χ3v) is 3.16. The van der Waals surface area contributed by atoms with Gasteiger partial charge < -0.3 is 5.11 Å². The van der Waals surface area contributed by atoms with Crippen LogP contribution in [-0.4, -0.2) is 15.6 Å². The first-order valence-electron chi connectivity index (χ1n) is 6.12. The minimum absolute atomic E-state index is 0.229. The second-order valence-electron chi connectivity index (χ2n) is 4.40. The molecule has 0 aliphatic rings. The van der Waals surface area contributed by atoms with E-state index in [2.05, 4.69) is 0 Å². The third-order valence-electron chi connectivity index (χ3n) is 3.16. The van der Waals surface area contributed by atoms with Gasteiger partial charge in [-0.05, 0) is 29.7 Å². The maximum Gasteiger partial charge on any atom is 0.341 e. The minimum atomic E-state index is -1.22. The first kappa shape index (κ1) is 12.2. The smallest absolute Gasteiger partial charge is 0.341 e. The van der Waals surface area contributed by atoms with Gasteiger partial charge in [0.25, 0.3) is 5.56 Å². The van der Waals surface area contributed by atoms with Crippen molar-refractivity contribution in [3.8, 4) is 5.69 Å². The highest BCUT2D eigenvalue weighted by Crippen LogP contribution is 2.17. The Labute approximate surface area is 114 Å². The van der Waals surface area contributed by atoms with Gasteiger partial charge in [-0.1, -0.05) is 36.4 Å². The number of hydrogen-bond donors (Lipinski definition) is 1. The van der Waals surface area contributed by atoms with Crippen LogP contribution in [0.1, 0.15) is 10.4 Å². The second kappa shape index (κ2) is 4.66. The van der Waals surface area contributed by atoms with Crippen LogP contribution in [0.3, 0.4) is 0 Å². The van der Waals surface area contributed by atoms with Crippen LogP contribution in [0.2, 0.25) is 0 Å². The molecule has 1 N–H and O–H groups in total. The summed E-state index contributed by atoms with van der Waals surface area (Å²) in [4.78, 5) is 23.6. The van der Waals surface area contributed by atoms with Crippen molar-refractivity contribution >= 4 is 16.9 Å². The predicted octanol–water partition coefficient (Wildman–Crippen LogP) is 2.69. The van der Waals surface area contributed by atoms with Crippen molar-refractivity contribution in [3.05, 3.63) is 76.6 Å². The van der Waals surface area contributed by atoms with E-state index < -0.39 is 11.5 Å². The number of aromatic carboxylic acids is 1. The molecule has 2 aromatic carbocycles. The van der Waals surface area contributed by atoms with Crippen molar-refractivity contribution in [2.45, 2.75) is 0 Å². The van der Waals surface area contributed by atoms with Crippen LogP contribution in [0.5, 0.6) is 0 Å². The fraction of sp³-hybridized carbons (Fsp3) is 0. The molecule has 4 heteroatoms. The Morgan fingerprint density at radius 1 is 0.950 bits per heavy atom. The number of para-hydroxylation sites is 2. The Kier molecular flexibility index (Phi) is 2.84. The molecule has 1 aromatic heterocycles. The van der Waals surface area contributed by atoms with Crippen LogP contribution in [0.4, 0.5) is 0 Å². The minimum Gasteiger partial charge on any atom is -0.477 e. The molecular formula is C16H11NO3. The average molecular weight is 265 g/mol. The lowest BCUT2D eigenvalue weighted by molar-refractivity contribution is 0.0695. The maximum atomic E-state index is 12.4. The number of benzene rings is 2. The van der Waals surface area contributed by atoms with E-state index in [-0.39, 0.29) is 5.56 Å². The zero-order valence-corrected chi connectivity index (χ0v) is 10.5. The zero-order chi connectivity index (χ0) is 14.1. The maximum absolute atomic E-state index is 12.4. The van der Waals surface area contributed by atoms with Gasteiger partial charge in [-0.2, -0.15) is 0 Å². The van der Waals surface area contributed by atoms with Crippen LogP contribution in [-0.2, 0) is 0 Å². The second-order valence-corrected chi connectivity index (χ2v) is 4.40. The van der Waals surface area contributed by atoms with E-state index in [4.69, 9.17) is 0 Å². The molecule has 0 spiro atoms. The number of hydrogen-bond acceptors (Lipinski definition) is 2. The van der Waals surface area contributed by atoms with Crippen molar-refractivity contribution in [3.63, 3.8) is 0 Å². The Hall–Kier alpha value is -2.88. The molecule has 98 valence electrons. The molecule has 0 saturated heterocycles. The molecule has 3 aromatic rings. The Bertz CT molecular complexity index is 850. The summed E-state index contributed by atoms with van der Waals surface area (Å²) in [6.45, 7) is 0. The summed E-state index contributed by atoms with van der Waals surface area (Å²) in [5, 5.41) is 9.90. The summed E-state index contributed by atoms with van der Waals surface area (Å²) in [5.74, 6) is -1.22. The Morgan fingerprint density at radius 3 is 2.30 bits per heavy atom. The number of fused-ring (bicyclic) bond motifs is 1. The van der Waals surface area contributed by atoms with Crippen LogP contribution in [0.15, 0.2) is 65.5 Å². The molecule has 0 radical (unpaired) electrons. The number of aromatic nitrogens is 1. The fourth-order valence-electron chi connectivity index (χ4n) is 2.25. The first-order valence-corrected chi connectivity index (χ1v) is 6.12. The SMILES string of the molecule is O=C(O)c1cc2ccccc2n(-c2ccccc2)c1=O. The highest BCUT2D eigenvalue weighted by atomic mass is 16.4. The molecule has 4 nitrogen and oxygen atoms in total. The van der Waals surface area contributed by atoms with E-state index >= 15 is 0 Å². The highest BCUT2D eigenvalue weighted by molar-refractivity contribution is 5.93. The van der Waals surface area contributed by atoms with Gasteiger partial charge in [-0.25, -0.2) is 4.79 Å². The summed E-state index contributed by atoms with van der Waals surface area (Å²) in [6.07, 6.45) is 0. The van der Waals surface area contributed by atoms with Gasteiger partial charge in [0, 0.05) is 5.69 Å². The van der Waals surface area contributed by atoms with Crippen LogP contribution in [0, 0.1) is 0 Å². The molecule has 20 heavy (non-hydrogen) atoms. The van der Waals surface area contributed by atoms with Gasteiger partial charge in [-0.15, -0.1) is 0 Å². The number of carboxylic acids is 1. The number of nitrogens with zero attached hydrogens (tertiary/aromatic N) is 1. The number of carbonyl (C=O) groups is 1. The van der Waals surface area contributed by atoms with E-state index in [1.807, 2.05) is 30.3 Å². The van der Waals surface area contributed by atoms with Crippen LogP contribution >= 0.6 is 0 Å². The molecule has 0 amide bonds. The molecule has 0 bridgehead atoms. The van der Waals surface area contributed by atoms with Crippen molar-refractivity contribution in [1.82, 2.24) is 4.57 Å². The van der Waals surface area contributed by atoms with Gasteiger partial charge in [0.1, 0.15) is 5.56 Å². The lowest BCUT2D eigenvalue weighted by Gasteiger charge is -2.11.